The zero-order valence-electron chi connectivity index (χ0n) is 15.1. The number of aromatic nitrogens is 1. The Kier molecular flexibility index (Phi) is 5.73. The van der Waals surface area contributed by atoms with Gasteiger partial charge in [-0.3, -0.25) is 9.59 Å². The fourth-order valence-corrected chi connectivity index (χ4v) is 3.75. The van der Waals surface area contributed by atoms with E-state index in [9.17, 15) is 9.59 Å². The normalized spacial score (nSPS) is 18.8. The lowest BCUT2D eigenvalue weighted by Crippen LogP contribution is -2.45. The Morgan fingerprint density at radius 2 is 2.08 bits per heavy atom. The summed E-state index contributed by atoms with van der Waals surface area (Å²) in [5.41, 5.74) is 1.21. The van der Waals surface area contributed by atoms with Crippen molar-refractivity contribution < 1.29 is 18.8 Å². The fraction of sp³-hybridized carbons (Fsp3) is 0.722. The van der Waals surface area contributed by atoms with Gasteiger partial charge in [0.2, 0.25) is 5.91 Å². The summed E-state index contributed by atoms with van der Waals surface area (Å²) in [6, 6.07) is 0.171. The number of nitrogens with zero attached hydrogens (tertiary/aromatic N) is 3. The van der Waals surface area contributed by atoms with Gasteiger partial charge in [-0.05, 0) is 39.5 Å². The predicted molar refractivity (Wildman–Crippen MR) is 91.3 cm³/mol. The topological polar surface area (TPSA) is 75.9 Å². The Morgan fingerprint density at radius 1 is 1.32 bits per heavy atom. The van der Waals surface area contributed by atoms with E-state index in [1.54, 1.807) is 13.8 Å². The second-order valence-electron chi connectivity index (χ2n) is 6.88. The van der Waals surface area contributed by atoms with E-state index in [1.165, 1.54) is 0 Å². The van der Waals surface area contributed by atoms with Crippen LogP contribution in [-0.4, -0.2) is 65.7 Å². The number of hydrogen-bond donors (Lipinski definition) is 0. The van der Waals surface area contributed by atoms with Crippen LogP contribution in [0.5, 0.6) is 0 Å². The lowest BCUT2D eigenvalue weighted by molar-refractivity contribution is -0.127. The van der Waals surface area contributed by atoms with Gasteiger partial charge in [0.05, 0.1) is 5.69 Å². The minimum atomic E-state index is -0.0177. The van der Waals surface area contributed by atoms with Crippen LogP contribution in [0, 0.1) is 13.8 Å². The summed E-state index contributed by atoms with van der Waals surface area (Å²) in [6.45, 7) is 7.13. The zero-order valence-corrected chi connectivity index (χ0v) is 15.1. The molecule has 0 saturated carbocycles. The number of amides is 2. The van der Waals surface area contributed by atoms with Crippen LogP contribution in [-0.2, 0) is 9.53 Å². The first kappa shape index (κ1) is 17.9. The molecule has 2 saturated heterocycles. The van der Waals surface area contributed by atoms with Gasteiger partial charge in [-0.2, -0.15) is 0 Å². The van der Waals surface area contributed by atoms with E-state index < -0.39 is 0 Å². The highest BCUT2D eigenvalue weighted by Crippen LogP contribution is 2.22. The van der Waals surface area contributed by atoms with E-state index in [0.29, 0.717) is 49.7 Å². The molecule has 2 aliphatic heterocycles. The van der Waals surface area contributed by atoms with E-state index in [2.05, 4.69) is 5.16 Å². The van der Waals surface area contributed by atoms with Crippen LogP contribution in [0.1, 0.15) is 53.9 Å². The predicted octanol–water partition coefficient (Wildman–Crippen LogP) is 1.93. The molecule has 25 heavy (non-hydrogen) atoms. The summed E-state index contributed by atoms with van der Waals surface area (Å²) in [5, 5.41) is 3.92. The number of aryl methyl sites for hydroxylation is 2. The molecule has 0 aromatic carbocycles. The lowest BCUT2D eigenvalue weighted by atomic mass is 10.0. The number of hydrogen-bond acceptors (Lipinski definition) is 5. The van der Waals surface area contributed by atoms with Crippen LogP contribution < -0.4 is 0 Å². The molecule has 0 N–H and O–H groups in total. The third-order valence-corrected chi connectivity index (χ3v) is 5.14. The van der Waals surface area contributed by atoms with Crippen molar-refractivity contribution in [1.29, 1.82) is 0 Å². The SMILES string of the molecule is Cc1noc(C)c1C(=O)N(CCCN1CCCC1=O)C1CCOCC1. The Labute approximate surface area is 148 Å². The number of carbonyl (C=O) groups excluding carboxylic acids is 2. The van der Waals surface area contributed by atoms with Crippen molar-refractivity contribution in [2.24, 2.45) is 0 Å². The second-order valence-corrected chi connectivity index (χ2v) is 6.88. The Hall–Kier alpha value is -1.89. The second kappa shape index (κ2) is 7.99. The monoisotopic (exact) mass is 349 g/mol. The highest BCUT2D eigenvalue weighted by Gasteiger charge is 2.30. The van der Waals surface area contributed by atoms with Gasteiger partial charge in [-0.25, -0.2) is 0 Å². The molecule has 138 valence electrons. The first-order valence-corrected chi connectivity index (χ1v) is 9.17. The molecule has 0 aliphatic carbocycles. The van der Waals surface area contributed by atoms with Gasteiger partial charge in [-0.1, -0.05) is 5.16 Å². The molecule has 3 heterocycles. The quantitative estimate of drug-likeness (QED) is 0.784. The smallest absolute Gasteiger partial charge is 0.259 e. The van der Waals surface area contributed by atoms with Crippen molar-refractivity contribution in [2.75, 3.05) is 32.8 Å². The third-order valence-electron chi connectivity index (χ3n) is 5.14. The van der Waals surface area contributed by atoms with E-state index in [-0.39, 0.29) is 17.9 Å². The van der Waals surface area contributed by atoms with Crippen LogP contribution in [0.25, 0.3) is 0 Å². The maximum Gasteiger partial charge on any atom is 0.259 e. The van der Waals surface area contributed by atoms with Gasteiger partial charge in [0.15, 0.2) is 0 Å². The first-order valence-electron chi connectivity index (χ1n) is 9.17. The van der Waals surface area contributed by atoms with Gasteiger partial charge in [0.25, 0.3) is 5.91 Å². The molecule has 0 unspecified atom stereocenters. The van der Waals surface area contributed by atoms with Crippen molar-refractivity contribution in [3.05, 3.63) is 17.0 Å². The summed E-state index contributed by atoms with van der Waals surface area (Å²) < 4.78 is 10.6. The van der Waals surface area contributed by atoms with Gasteiger partial charge in [-0.15, -0.1) is 0 Å². The number of likely N-dealkylation sites (tertiary alicyclic amines) is 1. The molecule has 7 nitrogen and oxygen atoms in total. The van der Waals surface area contributed by atoms with Crippen molar-refractivity contribution in [2.45, 2.75) is 52.0 Å². The lowest BCUT2D eigenvalue weighted by Gasteiger charge is -2.34. The molecule has 2 aliphatic rings. The van der Waals surface area contributed by atoms with Gasteiger partial charge in [0.1, 0.15) is 11.3 Å². The van der Waals surface area contributed by atoms with E-state index in [1.807, 2.05) is 9.80 Å². The average Bonchev–Trinajstić information content (AvgIpc) is 3.17. The molecular weight excluding hydrogens is 322 g/mol. The van der Waals surface area contributed by atoms with E-state index >= 15 is 0 Å². The number of carbonyl (C=O) groups is 2. The number of rotatable bonds is 6. The van der Waals surface area contributed by atoms with Gasteiger partial charge >= 0.3 is 0 Å². The largest absolute Gasteiger partial charge is 0.381 e. The van der Waals surface area contributed by atoms with Crippen molar-refractivity contribution in [3.8, 4) is 0 Å². The molecule has 2 amide bonds. The summed E-state index contributed by atoms with van der Waals surface area (Å²) in [6.07, 6.45) is 4.08. The highest BCUT2D eigenvalue weighted by molar-refractivity contribution is 5.96. The third kappa shape index (κ3) is 4.03. The summed E-state index contributed by atoms with van der Waals surface area (Å²) in [4.78, 5) is 28.8. The Bertz CT molecular complexity index is 602. The molecule has 2 fully saturated rings. The summed E-state index contributed by atoms with van der Waals surface area (Å²) in [7, 11) is 0. The highest BCUT2D eigenvalue weighted by atomic mass is 16.5. The van der Waals surface area contributed by atoms with E-state index in [0.717, 1.165) is 32.2 Å². The average molecular weight is 349 g/mol. The van der Waals surface area contributed by atoms with Crippen LogP contribution in [0.15, 0.2) is 4.52 Å². The van der Waals surface area contributed by atoms with Crippen LogP contribution in [0.3, 0.4) is 0 Å². The summed E-state index contributed by atoms with van der Waals surface area (Å²) in [5.74, 6) is 0.778. The van der Waals surface area contributed by atoms with Gasteiger partial charge in [0, 0.05) is 45.3 Å². The van der Waals surface area contributed by atoms with Crippen LogP contribution in [0.4, 0.5) is 0 Å². The summed E-state index contributed by atoms with van der Waals surface area (Å²) >= 11 is 0. The standard InChI is InChI=1S/C18H27N3O4/c1-13-17(14(2)25-19-13)18(23)21(15-6-11-24-12-7-15)10-4-9-20-8-3-5-16(20)22/h15H,3-12H2,1-2H3. The molecule has 0 spiro atoms. The molecule has 1 aromatic rings. The fourth-order valence-electron chi connectivity index (χ4n) is 3.75. The molecule has 1 aromatic heterocycles. The molecule has 7 heteroatoms. The molecule has 0 radical (unpaired) electrons. The zero-order chi connectivity index (χ0) is 17.8. The van der Waals surface area contributed by atoms with Crippen molar-refractivity contribution in [1.82, 2.24) is 15.0 Å². The minimum Gasteiger partial charge on any atom is -0.381 e. The maximum absolute atomic E-state index is 13.1. The van der Waals surface area contributed by atoms with Crippen molar-refractivity contribution in [3.63, 3.8) is 0 Å². The molecule has 3 rings (SSSR count). The van der Waals surface area contributed by atoms with Gasteiger partial charge < -0.3 is 19.1 Å². The van der Waals surface area contributed by atoms with E-state index in [4.69, 9.17) is 9.26 Å². The van der Waals surface area contributed by atoms with Crippen LogP contribution in [0.2, 0.25) is 0 Å². The molecular formula is C18H27N3O4. The minimum absolute atomic E-state index is 0.0177. The van der Waals surface area contributed by atoms with Crippen LogP contribution >= 0.6 is 0 Å². The Morgan fingerprint density at radius 3 is 2.68 bits per heavy atom. The van der Waals surface area contributed by atoms with Crippen molar-refractivity contribution >= 4 is 11.8 Å². The number of ether oxygens (including phenoxy) is 1. The maximum atomic E-state index is 13.1. The molecule has 0 atom stereocenters. The first-order chi connectivity index (χ1) is 12.1. The Balaban J connectivity index is 1.68. The molecule has 0 bridgehead atoms.